The predicted octanol–water partition coefficient (Wildman–Crippen LogP) is 4.17. The number of carbonyl (C=O) groups is 1. The van der Waals surface area contributed by atoms with Crippen molar-refractivity contribution in [3.05, 3.63) is 58.6 Å². The molecule has 0 bridgehead atoms. The van der Waals surface area contributed by atoms with E-state index in [1.807, 2.05) is 30.3 Å². The maximum Gasteiger partial charge on any atom is 0.234 e. The molecule has 0 aliphatic carbocycles. The highest BCUT2D eigenvalue weighted by molar-refractivity contribution is 7.99. The molecular weight excluding hydrogens is 394 g/mol. The predicted molar refractivity (Wildman–Crippen MR) is 115 cm³/mol. The molecule has 1 aromatic heterocycles. The summed E-state index contributed by atoms with van der Waals surface area (Å²) in [6.45, 7) is 4.16. The molecule has 28 heavy (non-hydrogen) atoms. The average molecular weight is 416 g/mol. The van der Waals surface area contributed by atoms with Gasteiger partial charge in [0.05, 0.1) is 5.75 Å². The van der Waals surface area contributed by atoms with Crippen molar-refractivity contribution in [3.8, 4) is 11.4 Å². The minimum Gasteiger partial charge on any atom is -0.335 e. The molecule has 0 saturated heterocycles. The van der Waals surface area contributed by atoms with Crippen molar-refractivity contribution < 1.29 is 4.79 Å². The molecule has 3 N–H and O–H groups in total. The molecule has 6 nitrogen and oxygen atoms in total. The van der Waals surface area contributed by atoms with Crippen molar-refractivity contribution in [2.75, 3.05) is 16.9 Å². The van der Waals surface area contributed by atoms with E-state index in [4.69, 9.17) is 17.4 Å². The van der Waals surface area contributed by atoms with E-state index in [-0.39, 0.29) is 11.7 Å². The maximum absolute atomic E-state index is 12.5. The SMILES string of the molecule is CCc1cccc(CC)c1NC(=O)CSc1nnc(-c2ccc(Cl)cc2)n1N. The van der Waals surface area contributed by atoms with Gasteiger partial charge in [0.2, 0.25) is 11.1 Å². The Morgan fingerprint density at radius 3 is 2.36 bits per heavy atom. The third-order valence-electron chi connectivity index (χ3n) is 4.36. The van der Waals surface area contributed by atoms with Crippen LogP contribution in [0.3, 0.4) is 0 Å². The maximum atomic E-state index is 12.5. The van der Waals surface area contributed by atoms with Crippen LogP contribution in [0.2, 0.25) is 5.02 Å². The summed E-state index contributed by atoms with van der Waals surface area (Å²) in [4.78, 5) is 12.5. The second kappa shape index (κ2) is 9.12. The zero-order valence-corrected chi connectivity index (χ0v) is 17.3. The molecule has 2 aromatic carbocycles. The number of thioether (sulfide) groups is 1. The highest BCUT2D eigenvalue weighted by Crippen LogP contribution is 2.25. The van der Waals surface area contributed by atoms with Gasteiger partial charge in [0.15, 0.2) is 5.82 Å². The van der Waals surface area contributed by atoms with Crippen molar-refractivity contribution in [1.82, 2.24) is 14.9 Å². The molecule has 0 aliphatic rings. The number of hydrogen-bond donors (Lipinski definition) is 2. The molecule has 0 fully saturated rings. The number of benzene rings is 2. The topological polar surface area (TPSA) is 85.8 Å². The van der Waals surface area contributed by atoms with Gasteiger partial charge in [-0.3, -0.25) is 4.79 Å². The molecule has 146 valence electrons. The number of nitrogens with one attached hydrogen (secondary N) is 1. The highest BCUT2D eigenvalue weighted by atomic mass is 35.5. The van der Waals surface area contributed by atoms with Crippen molar-refractivity contribution in [2.45, 2.75) is 31.8 Å². The number of carbonyl (C=O) groups excluding carboxylic acids is 1. The van der Waals surface area contributed by atoms with Crippen molar-refractivity contribution in [2.24, 2.45) is 0 Å². The van der Waals surface area contributed by atoms with Gasteiger partial charge in [-0.15, -0.1) is 10.2 Å². The molecule has 0 saturated carbocycles. The molecule has 1 heterocycles. The van der Waals surface area contributed by atoms with Gasteiger partial charge in [-0.05, 0) is 48.2 Å². The van der Waals surface area contributed by atoms with Gasteiger partial charge in [-0.2, -0.15) is 0 Å². The van der Waals surface area contributed by atoms with Gasteiger partial charge >= 0.3 is 0 Å². The Bertz CT molecular complexity index is 949. The minimum atomic E-state index is -0.100. The number of hydrogen-bond acceptors (Lipinski definition) is 5. The Morgan fingerprint density at radius 1 is 1.11 bits per heavy atom. The second-order valence-corrected chi connectivity index (χ2v) is 7.56. The lowest BCUT2D eigenvalue weighted by Crippen LogP contribution is -2.18. The van der Waals surface area contributed by atoms with Crippen LogP contribution in [0.25, 0.3) is 11.4 Å². The van der Waals surface area contributed by atoms with Gasteiger partial charge in [0.1, 0.15) is 0 Å². The molecule has 0 unspecified atom stereocenters. The van der Waals surface area contributed by atoms with Gasteiger partial charge in [-0.25, -0.2) is 4.68 Å². The number of rotatable bonds is 7. The summed E-state index contributed by atoms with van der Waals surface area (Å²) >= 11 is 7.16. The largest absolute Gasteiger partial charge is 0.335 e. The lowest BCUT2D eigenvalue weighted by atomic mass is 10.0. The van der Waals surface area contributed by atoms with E-state index >= 15 is 0 Å². The van der Waals surface area contributed by atoms with E-state index in [0.29, 0.717) is 16.0 Å². The molecule has 1 amide bonds. The van der Waals surface area contributed by atoms with Gasteiger partial charge in [-0.1, -0.05) is 55.4 Å². The highest BCUT2D eigenvalue weighted by Gasteiger charge is 2.15. The fourth-order valence-electron chi connectivity index (χ4n) is 2.88. The quantitative estimate of drug-likeness (QED) is 0.446. The minimum absolute atomic E-state index is 0.100. The van der Waals surface area contributed by atoms with E-state index in [0.717, 1.165) is 35.2 Å². The first-order valence-corrected chi connectivity index (χ1v) is 10.4. The van der Waals surface area contributed by atoms with Crippen LogP contribution in [0.1, 0.15) is 25.0 Å². The number of nitrogens with two attached hydrogens (primary N) is 1. The Kier molecular flexibility index (Phi) is 6.59. The van der Waals surface area contributed by atoms with Crippen LogP contribution in [-0.4, -0.2) is 26.5 Å². The van der Waals surface area contributed by atoms with Crippen molar-refractivity contribution in [1.29, 1.82) is 0 Å². The summed E-state index contributed by atoms with van der Waals surface area (Å²) in [5.74, 6) is 6.72. The number of halogens is 1. The summed E-state index contributed by atoms with van der Waals surface area (Å²) in [6, 6.07) is 13.3. The summed E-state index contributed by atoms with van der Waals surface area (Å²) < 4.78 is 1.39. The number of nitrogens with zero attached hydrogens (tertiary/aromatic N) is 3. The first-order chi connectivity index (χ1) is 13.5. The Hall–Kier alpha value is -2.51. The van der Waals surface area contributed by atoms with Gasteiger partial charge < -0.3 is 11.2 Å². The van der Waals surface area contributed by atoms with Crippen LogP contribution < -0.4 is 11.2 Å². The van der Waals surface area contributed by atoms with Gasteiger partial charge in [0, 0.05) is 16.3 Å². The number of aromatic nitrogens is 3. The number of anilines is 1. The van der Waals surface area contributed by atoms with Crippen LogP contribution in [0.15, 0.2) is 47.6 Å². The standard InChI is InChI=1S/C20H22ClN5OS/c1-3-13-6-5-7-14(4-2)18(13)23-17(27)12-28-20-25-24-19(26(20)22)15-8-10-16(21)11-9-15/h5-11H,3-4,12,22H2,1-2H3,(H,23,27). The van der Waals surface area contributed by atoms with Gasteiger partial charge in [0.25, 0.3) is 0 Å². The zero-order chi connectivity index (χ0) is 20.1. The zero-order valence-electron chi connectivity index (χ0n) is 15.8. The Labute approximate surface area is 173 Å². The van der Waals surface area contributed by atoms with Crippen molar-refractivity contribution in [3.63, 3.8) is 0 Å². The summed E-state index contributed by atoms with van der Waals surface area (Å²) in [6.07, 6.45) is 1.72. The smallest absolute Gasteiger partial charge is 0.234 e. The average Bonchev–Trinajstić information content (AvgIpc) is 3.07. The monoisotopic (exact) mass is 415 g/mol. The second-order valence-electron chi connectivity index (χ2n) is 6.18. The molecule has 0 spiro atoms. The van der Waals surface area contributed by atoms with E-state index in [2.05, 4.69) is 29.4 Å². The fraction of sp³-hybridized carbons (Fsp3) is 0.250. The van der Waals surface area contributed by atoms with Crippen LogP contribution in [0.4, 0.5) is 5.69 Å². The number of para-hydroxylation sites is 1. The number of aryl methyl sites for hydroxylation is 2. The Morgan fingerprint density at radius 2 is 1.75 bits per heavy atom. The number of nitrogen functional groups attached to an aromatic ring is 1. The summed E-state index contributed by atoms with van der Waals surface area (Å²) in [5.41, 5.74) is 3.98. The molecule has 3 rings (SSSR count). The lowest BCUT2D eigenvalue weighted by Gasteiger charge is -2.14. The summed E-state index contributed by atoms with van der Waals surface area (Å²) in [5, 5.41) is 12.4. The first-order valence-electron chi connectivity index (χ1n) is 9.03. The Balaban J connectivity index is 1.68. The number of amides is 1. The first kappa shape index (κ1) is 20.2. The molecule has 0 aliphatic heterocycles. The third-order valence-corrected chi connectivity index (χ3v) is 5.56. The molecule has 8 heteroatoms. The van der Waals surface area contributed by atoms with Crippen LogP contribution in [0, 0.1) is 0 Å². The third kappa shape index (κ3) is 4.48. The van der Waals surface area contributed by atoms with E-state index in [1.165, 1.54) is 16.4 Å². The normalized spacial score (nSPS) is 10.8. The molecule has 0 atom stereocenters. The van der Waals surface area contributed by atoms with E-state index < -0.39 is 0 Å². The molecule has 3 aromatic rings. The van der Waals surface area contributed by atoms with Crippen LogP contribution in [-0.2, 0) is 17.6 Å². The summed E-state index contributed by atoms with van der Waals surface area (Å²) in [7, 11) is 0. The van der Waals surface area contributed by atoms with Crippen molar-refractivity contribution >= 4 is 35.0 Å². The van der Waals surface area contributed by atoms with E-state index in [9.17, 15) is 4.79 Å². The van der Waals surface area contributed by atoms with E-state index in [1.54, 1.807) is 12.1 Å². The molecular formula is C20H22ClN5OS. The molecule has 0 radical (unpaired) electrons. The fourth-order valence-corrected chi connectivity index (χ4v) is 3.66. The lowest BCUT2D eigenvalue weighted by molar-refractivity contribution is -0.113. The van der Waals surface area contributed by atoms with Crippen LogP contribution >= 0.6 is 23.4 Å². The van der Waals surface area contributed by atoms with Crippen LogP contribution in [0.5, 0.6) is 0 Å².